The van der Waals surface area contributed by atoms with Crippen LogP contribution in [0.25, 0.3) is 0 Å². The molecule has 1 aromatic heterocycles. The summed E-state index contributed by atoms with van der Waals surface area (Å²) < 4.78 is 0. The maximum Gasteiger partial charge on any atom is 0.269 e. The second-order valence-electron chi connectivity index (χ2n) is 4.69. The van der Waals surface area contributed by atoms with Gasteiger partial charge in [-0.15, -0.1) is 12.4 Å². The van der Waals surface area contributed by atoms with Gasteiger partial charge in [-0.3, -0.25) is 4.79 Å². The molecule has 1 aliphatic rings. The molecule has 18 heavy (non-hydrogen) atoms. The van der Waals surface area contributed by atoms with Gasteiger partial charge in [-0.05, 0) is 30.9 Å². The number of carbonyl (C=O) groups excluding carboxylic acids is 1. The van der Waals surface area contributed by atoms with E-state index < -0.39 is 0 Å². The second kappa shape index (κ2) is 7.21. The average molecular weight is 270 g/mol. The van der Waals surface area contributed by atoms with Crippen LogP contribution in [0.5, 0.6) is 0 Å². The Labute approximate surface area is 114 Å². The summed E-state index contributed by atoms with van der Waals surface area (Å²) in [6, 6.07) is 3.36. The van der Waals surface area contributed by atoms with Crippen LogP contribution in [0.1, 0.15) is 42.6 Å². The zero-order chi connectivity index (χ0) is 12.1. The van der Waals surface area contributed by atoms with Crippen LogP contribution < -0.4 is 11.1 Å². The predicted molar refractivity (Wildman–Crippen MR) is 74.8 cm³/mol. The van der Waals surface area contributed by atoms with Gasteiger partial charge in [0.25, 0.3) is 5.91 Å². The number of nitrogen functional groups attached to an aromatic ring is 1. The summed E-state index contributed by atoms with van der Waals surface area (Å²) in [6.45, 7) is 0.769. The molecule has 4 nitrogen and oxygen atoms in total. The highest BCUT2D eigenvalue weighted by Crippen LogP contribution is 2.22. The van der Waals surface area contributed by atoms with Gasteiger partial charge in [0.1, 0.15) is 5.69 Å². The molecular weight excluding hydrogens is 250 g/mol. The van der Waals surface area contributed by atoms with Crippen LogP contribution in [0.2, 0.25) is 0 Å². The molecule has 0 radical (unpaired) electrons. The third kappa shape index (κ3) is 4.18. The fraction of sp³-hybridized carbons (Fsp3) is 0.538. The highest BCUT2D eigenvalue weighted by atomic mass is 35.5. The fourth-order valence-corrected chi connectivity index (χ4v) is 2.26. The van der Waals surface area contributed by atoms with E-state index in [1.165, 1.54) is 38.3 Å². The molecule has 0 aromatic carbocycles. The molecule has 0 atom stereocenters. The number of halogens is 1. The highest BCUT2D eigenvalue weighted by Gasteiger charge is 2.15. The maximum absolute atomic E-state index is 11.8. The number of amides is 1. The monoisotopic (exact) mass is 269 g/mol. The smallest absolute Gasteiger partial charge is 0.269 e. The normalized spacial score (nSPS) is 15.8. The summed E-state index contributed by atoms with van der Waals surface area (Å²) in [4.78, 5) is 15.8. The molecule has 1 saturated carbocycles. The minimum absolute atomic E-state index is 0. The van der Waals surface area contributed by atoms with Crippen molar-refractivity contribution >= 4 is 24.0 Å². The van der Waals surface area contributed by atoms with Gasteiger partial charge in [-0.1, -0.05) is 19.3 Å². The summed E-state index contributed by atoms with van der Waals surface area (Å²) in [5.41, 5.74) is 6.54. The lowest BCUT2D eigenvalue weighted by Crippen LogP contribution is -2.30. The minimum Gasteiger partial charge on any atom is -0.397 e. The van der Waals surface area contributed by atoms with Crippen molar-refractivity contribution < 1.29 is 4.79 Å². The summed E-state index contributed by atoms with van der Waals surface area (Å²) in [7, 11) is 0. The number of anilines is 1. The molecule has 0 aliphatic heterocycles. The van der Waals surface area contributed by atoms with Crippen LogP contribution in [-0.4, -0.2) is 17.4 Å². The number of pyridine rings is 1. The van der Waals surface area contributed by atoms with Crippen molar-refractivity contribution in [3.8, 4) is 0 Å². The van der Waals surface area contributed by atoms with Crippen molar-refractivity contribution in [2.24, 2.45) is 5.92 Å². The third-order valence-electron chi connectivity index (χ3n) is 3.30. The molecule has 2 rings (SSSR count). The lowest BCUT2D eigenvalue weighted by Gasteiger charge is -2.21. The van der Waals surface area contributed by atoms with Gasteiger partial charge in [0.05, 0.1) is 11.9 Å². The number of nitrogens with two attached hydrogens (primary N) is 1. The van der Waals surface area contributed by atoms with Gasteiger partial charge >= 0.3 is 0 Å². The van der Waals surface area contributed by atoms with Gasteiger partial charge in [0, 0.05) is 6.54 Å². The fourth-order valence-electron chi connectivity index (χ4n) is 2.26. The van der Waals surface area contributed by atoms with E-state index in [2.05, 4.69) is 10.3 Å². The molecule has 5 heteroatoms. The Kier molecular flexibility index (Phi) is 5.92. The molecule has 3 N–H and O–H groups in total. The molecule has 1 aromatic rings. The number of nitrogens with zero attached hydrogens (tertiary/aromatic N) is 1. The van der Waals surface area contributed by atoms with Crippen molar-refractivity contribution in [3.63, 3.8) is 0 Å². The van der Waals surface area contributed by atoms with Crippen molar-refractivity contribution in [2.75, 3.05) is 12.3 Å². The number of carbonyl (C=O) groups is 1. The van der Waals surface area contributed by atoms with Gasteiger partial charge in [0.2, 0.25) is 0 Å². The van der Waals surface area contributed by atoms with Gasteiger partial charge in [-0.2, -0.15) is 0 Å². The SMILES string of the molecule is Cl.Nc1ccc(C(=O)NCC2CCCCC2)nc1. The number of hydrogen-bond acceptors (Lipinski definition) is 3. The second-order valence-corrected chi connectivity index (χ2v) is 4.69. The van der Waals surface area contributed by atoms with Crippen molar-refractivity contribution in [3.05, 3.63) is 24.0 Å². The van der Waals surface area contributed by atoms with E-state index in [4.69, 9.17) is 5.73 Å². The number of rotatable bonds is 3. The van der Waals surface area contributed by atoms with E-state index in [1.54, 1.807) is 12.1 Å². The van der Waals surface area contributed by atoms with E-state index in [0.717, 1.165) is 6.54 Å². The van der Waals surface area contributed by atoms with Crippen molar-refractivity contribution in [2.45, 2.75) is 32.1 Å². The van der Waals surface area contributed by atoms with Crippen LogP contribution in [0.4, 0.5) is 5.69 Å². The Morgan fingerprint density at radius 3 is 2.67 bits per heavy atom. The molecular formula is C13H20ClN3O. The highest BCUT2D eigenvalue weighted by molar-refractivity contribution is 5.92. The molecule has 0 saturated heterocycles. The molecule has 100 valence electrons. The Balaban J connectivity index is 0.00000162. The first-order valence-corrected chi connectivity index (χ1v) is 6.25. The number of aromatic nitrogens is 1. The van der Waals surface area contributed by atoms with Crippen LogP contribution in [0.15, 0.2) is 18.3 Å². The molecule has 1 amide bonds. The van der Waals surface area contributed by atoms with Gasteiger partial charge < -0.3 is 11.1 Å². The van der Waals surface area contributed by atoms with E-state index in [9.17, 15) is 4.79 Å². The summed E-state index contributed by atoms with van der Waals surface area (Å²) in [5, 5.41) is 2.95. The minimum atomic E-state index is -0.101. The zero-order valence-electron chi connectivity index (χ0n) is 10.4. The molecule has 0 unspecified atom stereocenters. The first kappa shape index (κ1) is 14.8. The van der Waals surface area contributed by atoms with Crippen LogP contribution in [0, 0.1) is 5.92 Å². The first-order chi connectivity index (χ1) is 8.25. The quantitative estimate of drug-likeness (QED) is 0.885. The average Bonchev–Trinajstić information content (AvgIpc) is 2.38. The van der Waals surface area contributed by atoms with Crippen molar-refractivity contribution in [1.82, 2.24) is 10.3 Å². The first-order valence-electron chi connectivity index (χ1n) is 6.25. The predicted octanol–water partition coefficient (Wildman–Crippen LogP) is 2.40. The van der Waals surface area contributed by atoms with E-state index in [-0.39, 0.29) is 18.3 Å². The number of nitrogens with one attached hydrogen (secondary N) is 1. The van der Waals surface area contributed by atoms with Gasteiger partial charge in [0.15, 0.2) is 0 Å². The molecule has 1 heterocycles. The Bertz CT molecular complexity index is 374. The molecule has 0 spiro atoms. The summed E-state index contributed by atoms with van der Waals surface area (Å²) >= 11 is 0. The zero-order valence-corrected chi connectivity index (χ0v) is 11.2. The Morgan fingerprint density at radius 1 is 1.33 bits per heavy atom. The van der Waals surface area contributed by atoms with Crippen LogP contribution in [-0.2, 0) is 0 Å². The topological polar surface area (TPSA) is 68.0 Å². The molecule has 0 bridgehead atoms. The van der Waals surface area contributed by atoms with Crippen molar-refractivity contribution in [1.29, 1.82) is 0 Å². The van der Waals surface area contributed by atoms with Crippen LogP contribution >= 0.6 is 12.4 Å². The summed E-state index contributed by atoms with van der Waals surface area (Å²) in [5.74, 6) is 0.539. The lowest BCUT2D eigenvalue weighted by molar-refractivity contribution is 0.0938. The largest absolute Gasteiger partial charge is 0.397 e. The Morgan fingerprint density at radius 2 is 2.06 bits per heavy atom. The van der Waals surface area contributed by atoms with Crippen LogP contribution in [0.3, 0.4) is 0 Å². The third-order valence-corrected chi connectivity index (χ3v) is 3.30. The standard InChI is InChI=1S/C13H19N3O.ClH/c14-11-6-7-12(15-9-11)13(17)16-8-10-4-2-1-3-5-10;/h6-7,9-10H,1-5,8,14H2,(H,16,17);1H. The summed E-state index contributed by atoms with van der Waals surface area (Å²) in [6.07, 6.45) is 7.89. The van der Waals surface area contributed by atoms with E-state index >= 15 is 0 Å². The van der Waals surface area contributed by atoms with Gasteiger partial charge in [-0.25, -0.2) is 4.98 Å². The maximum atomic E-state index is 11.8. The van der Waals surface area contributed by atoms with E-state index in [0.29, 0.717) is 17.3 Å². The lowest BCUT2D eigenvalue weighted by atomic mass is 9.89. The molecule has 1 fully saturated rings. The molecule has 1 aliphatic carbocycles. The van der Waals surface area contributed by atoms with E-state index in [1.807, 2.05) is 0 Å². The number of hydrogen-bond donors (Lipinski definition) is 2. The Hall–Kier alpha value is -1.29.